The van der Waals surface area contributed by atoms with Crippen LogP contribution in [0.25, 0.3) is 10.2 Å². The van der Waals surface area contributed by atoms with Crippen LogP contribution in [0.5, 0.6) is 0 Å². The molecule has 0 saturated heterocycles. The van der Waals surface area contributed by atoms with Gasteiger partial charge in [0.15, 0.2) is 15.0 Å². The van der Waals surface area contributed by atoms with Crippen molar-refractivity contribution in [2.75, 3.05) is 16.9 Å². The fourth-order valence-electron chi connectivity index (χ4n) is 3.12. The molecule has 2 aromatic heterocycles. The van der Waals surface area contributed by atoms with Crippen molar-refractivity contribution in [3.63, 3.8) is 0 Å². The summed E-state index contributed by atoms with van der Waals surface area (Å²) in [5, 5.41) is 0.529. The molecule has 31 heavy (non-hydrogen) atoms. The van der Waals surface area contributed by atoms with Gasteiger partial charge in [-0.1, -0.05) is 30.4 Å². The van der Waals surface area contributed by atoms with Gasteiger partial charge in [-0.25, -0.2) is 13.4 Å². The van der Waals surface area contributed by atoms with Crippen molar-refractivity contribution in [1.29, 1.82) is 0 Å². The van der Waals surface area contributed by atoms with Crippen LogP contribution in [0.15, 0.2) is 75.1 Å². The number of rotatable bonds is 7. The van der Waals surface area contributed by atoms with Crippen molar-refractivity contribution >= 4 is 54.2 Å². The fourth-order valence-corrected chi connectivity index (χ4v) is 5.67. The summed E-state index contributed by atoms with van der Waals surface area (Å²) >= 11 is 3.01. The Kier molecular flexibility index (Phi) is 6.17. The van der Waals surface area contributed by atoms with Crippen LogP contribution in [0.4, 0.5) is 5.13 Å². The highest BCUT2D eigenvalue weighted by Gasteiger charge is 2.24. The first-order valence-corrected chi connectivity index (χ1v) is 13.2. The van der Waals surface area contributed by atoms with Gasteiger partial charge in [0.1, 0.15) is 5.76 Å². The van der Waals surface area contributed by atoms with E-state index >= 15 is 0 Å². The summed E-state index contributed by atoms with van der Waals surface area (Å²) in [5.74, 6) is 0.236. The Labute approximate surface area is 188 Å². The third-order valence-electron chi connectivity index (χ3n) is 4.78. The minimum atomic E-state index is -3.43. The maximum atomic E-state index is 13.5. The second-order valence-corrected chi connectivity index (χ2v) is 10.8. The number of amides is 1. The first-order chi connectivity index (χ1) is 14.9. The minimum absolute atomic E-state index is 0.0317. The van der Waals surface area contributed by atoms with Crippen molar-refractivity contribution < 1.29 is 17.6 Å². The lowest BCUT2D eigenvalue weighted by Gasteiger charge is -2.19. The molecule has 0 N–H and O–H groups in total. The Balaban J connectivity index is 1.79. The molecule has 0 fully saturated rings. The maximum Gasteiger partial charge on any atom is 0.260 e. The molecule has 2 heterocycles. The van der Waals surface area contributed by atoms with Gasteiger partial charge in [-0.3, -0.25) is 9.69 Å². The highest BCUT2D eigenvalue weighted by atomic mass is 32.2. The minimum Gasteiger partial charge on any atom is -0.467 e. The van der Waals surface area contributed by atoms with Crippen molar-refractivity contribution in [2.45, 2.75) is 23.3 Å². The molecule has 160 valence electrons. The molecule has 0 unspecified atom stereocenters. The second kappa shape index (κ2) is 8.86. The number of thioether (sulfide) groups is 1. The summed E-state index contributed by atoms with van der Waals surface area (Å²) in [5.41, 5.74) is 1.12. The van der Waals surface area contributed by atoms with Crippen molar-refractivity contribution in [1.82, 2.24) is 4.98 Å². The lowest BCUT2D eigenvalue weighted by atomic mass is 10.2. The van der Waals surface area contributed by atoms with Crippen molar-refractivity contribution in [2.24, 2.45) is 0 Å². The van der Waals surface area contributed by atoms with Crippen LogP contribution >= 0.6 is 23.1 Å². The number of sulfone groups is 1. The second-order valence-electron chi connectivity index (χ2n) is 6.71. The normalized spacial score (nSPS) is 11.7. The molecule has 4 rings (SSSR count). The van der Waals surface area contributed by atoms with Crippen molar-refractivity contribution in [3.05, 3.63) is 72.2 Å². The number of para-hydroxylation sites is 1. The summed E-state index contributed by atoms with van der Waals surface area (Å²) in [6.45, 7) is 1.77. The van der Waals surface area contributed by atoms with Gasteiger partial charge in [-0.05, 0) is 48.7 Å². The Hall–Kier alpha value is -2.62. The van der Waals surface area contributed by atoms with Gasteiger partial charge in [-0.15, -0.1) is 11.8 Å². The SMILES string of the molecule is CCS(=O)(=O)c1cccc(C(=O)N(Cc2ccco2)c2nc3c(SC)cccc3s2)c1. The Bertz CT molecular complexity index is 1330. The third kappa shape index (κ3) is 4.39. The van der Waals surface area contributed by atoms with E-state index in [1.54, 1.807) is 49.2 Å². The first kappa shape index (κ1) is 21.6. The average molecular weight is 473 g/mol. The standard InChI is InChI=1S/C22H20N2O4S3/c1-3-31(26,27)17-9-4-7-15(13-17)21(25)24(14-16-8-6-12-28-16)22-23-20-18(29-2)10-5-11-19(20)30-22/h4-13H,3,14H2,1-2H3. The zero-order valence-corrected chi connectivity index (χ0v) is 19.4. The van der Waals surface area contributed by atoms with Gasteiger partial charge in [0.05, 0.1) is 33.7 Å². The zero-order valence-electron chi connectivity index (χ0n) is 16.9. The largest absolute Gasteiger partial charge is 0.467 e. The Morgan fingerprint density at radius 3 is 2.68 bits per heavy atom. The van der Waals surface area contributed by atoms with E-state index in [0.717, 1.165) is 15.1 Å². The van der Waals surface area contributed by atoms with E-state index in [1.807, 2.05) is 24.5 Å². The topological polar surface area (TPSA) is 80.5 Å². The average Bonchev–Trinajstić information content (AvgIpc) is 3.46. The lowest BCUT2D eigenvalue weighted by Crippen LogP contribution is -2.30. The van der Waals surface area contributed by atoms with Crippen LogP contribution in [0.2, 0.25) is 0 Å². The number of anilines is 1. The first-order valence-electron chi connectivity index (χ1n) is 9.53. The molecule has 6 nitrogen and oxygen atoms in total. The summed E-state index contributed by atoms with van der Waals surface area (Å²) in [7, 11) is -3.43. The molecular formula is C22H20N2O4S3. The Morgan fingerprint density at radius 1 is 1.16 bits per heavy atom. The number of aromatic nitrogens is 1. The molecule has 0 radical (unpaired) electrons. The predicted octanol–water partition coefficient (Wildman–Crippen LogP) is 5.25. The molecule has 0 atom stereocenters. The number of carbonyl (C=O) groups excluding carboxylic acids is 1. The van der Waals surface area contributed by atoms with Crippen LogP contribution in [-0.2, 0) is 16.4 Å². The molecule has 1 amide bonds. The molecular weight excluding hydrogens is 452 g/mol. The molecule has 2 aromatic carbocycles. The zero-order chi connectivity index (χ0) is 22.0. The van der Waals surface area contributed by atoms with Gasteiger partial charge >= 0.3 is 0 Å². The molecule has 0 aliphatic heterocycles. The highest BCUT2D eigenvalue weighted by Crippen LogP contribution is 2.35. The van der Waals surface area contributed by atoms with E-state index in [1.165, 1.54) is 28.4 Å². The monoisotopic (exact) mass is 472 g/mol. The smallest absolute Gasteiger partial charge is 0.260 e. The van der Waals surface area contributed by atoms with E-state index in [0.29, 0.717) is 10.9 Å². The summed E-state index contributed by atoms with van der Waals surface area (Å²) in [4.78, 5) is 21.0. The maximum absolute atomic E-state index is 13.5. The van der Waals surface area contributed by atoms with Gasteiger partial charge in [0, 0.05) is 10.5 Å². The molecule has 4 aromatic rings. The lowest BCUT2D eigenvalue weighted by molar-refractivity contribution is 0.0983. The van der Waals surface area contributed by atoms with Gasteiger partial charge in [0.25, 0.3) is 5.91 Å². The summed E-state index contributed by atoms with van der Waals surface area (Å²) in [6.07, 6.45) is 3.54. The number of furan rings is 1. The predicted molar refractivity (Wildman–Crippen MR) is 125 cm³/mol. The van der Waals surface area contributed by atoms with Crippen molar-refractivity contribution in [3.8, 4) is 0 Å². The van der Waals surface area contributed by atoms with Gasteiger partial charge in [0.2, 0.25) is 0 Å². The van der Waals surface area contributed by atoms with Crippen LogP contribution < -0.4 is 4.90 Å². The molecule has 0 saturated carbocycles. The number of nitrogens with zero attached hydrogens (tertiary/aromatic N) is 2. The molecule has 0 spiro atoms. The number of hydrogen-bond acceptors (Lipinski definition) is 7. The summed E-state index contributed by atoms with van der Waals surface area (Å²) in [6, 6.07) is 15.6. The molecule has 0 aliphatic carbocycles. The molecule has 9 heteroatoms. The van der Waals surface area contributed by atoms with E-state index in [2.05, 4.69) is 0 Å². The van der Waals surface area contributed by atoms with Crippen LogP contribution in [-0.4, -0.2) is 31.3 Å². The molecule has 0 bridgehead atoms. The summed E-state index contributed by atoms with van der Waals surface area (Å²) < 4.78 is 31.1. The van der Waals surface area contributed by atoms with E-state index < -0.39 is 9.84 Å². The quantitative estimate of drug-likeness (QED) is 0.342. The number of carbonyl (C=O) groups is 1. The number of hydrogen-bond donors (Lipinski definition) is 0. The van der Waals surface area contributed by atoms with E-state index in [9.17, 15) is 13.2 Å². The van der Waals surface area contributed by atoms with Crippen LogP contribution in [0, 0.1) is 0 Å². The fraction of sp³-hybridized carbons (Fsp3) is 0.182. The highest BCUT2D eigenvalue weighted by molar-refractivity contribution is 7.98. The molecule has 0 aliphatic rings. The third-order valence-corrected chi connectivity index (χ3v) is 8.33. The van der Waals surface area contributed by atoms with Gasteiger partial charge < -0.3 is 4.42 Å². The number of thiazole rings is 1. The van der Waals surface area contributed by atoms with Gasteiger partial charge in [-0.2, -0.15) is 0 Å². The van der Waals surface area contributed by atoms with E-state index in [-0.39, 0.29) is 28.7 Å². The van der Waals surface area contributed by atoms with Crippen LogP contribution in [0.3, 0.4) is 0 Å². The number of benzene rings is 2. The number of fused-ring (bicyclic) bond motifs is 1. The van der Waals surface area contributed by atoms with E-state index in [4.69, 9.17) is 9.40 Å². The van der Waals surface area contributed by atoms with Crippen LogP contribution in [0.1, 0.15) is 23.0 Å². The Morgan fingerprint density at radius 2 is 1.97 bits per heavy atom.